The molecule has 0 heterocycles. The summed E-state index contributed by atoms with van der Waals surface area (Å²) in [5.74, 6) is 0.734. The lowest BCUT2D eigenvalue weighted by atomic mass is 9.84. The Labute approximate surface area is 97.5 Å². The largest absolute Gasteiger partial charge is 0.387 e. The fourth-order valence-corrected chi connectivity index (χ4v) is 2.56. The summed E-state index contributed by atoms with van der Waals surface area (Å²) in [7, 11) is 0. The Bertz CT molecular complexity index is 314. The number of aliphatic hydroxyl groups excluding tert-OH is 1. The van der Waals surface area contributed by atoms with Gasteiger partial charge in [0, 0.05) is 6.54 Å². The SMILES string of the molecule is NCC(O)c1ccc(C2CCCCC2)cc1. The zero-order valence-corrected chi connectivity index (χ0v) is 9.73. The fourth-order valence-electron chi connectivity index (χ4n) is 2.56. The van der Waals surface area contributed by atoms with Gasteiger partial charge in [-0.3, -0.25) is 0 Å². The molecule has 0 aliphatic heterocycles. The summed E-state index contributed by atoms with van der Waals surface area (Å²) >= 11 is 0. The van der Waals surface area contributed by atoms with Crippen LogP contribution in [0.5, 0.6) is 0 Å². The van der Waals surface area contributed by atoms with Crippen LogP contribution in [-0.4, -0.2) is 11.7 Å². The quantitative estimate of drug-likeness (QED) is 0.821. The van der Waals surface area contributed by atoms with Crippen molar-refractivity contribution in [1.82, 2.24) is 0 Å². The zero-order valence-electron chi connectivity index (χ0n) is 9.73. The molecular formula is C14H21NO. The Kier molecular flexibility index (Phi) is 3.97. The van der Waals surface area contributed by atoms with E-state index >= 15 is 0 Å². The van der Waals surface area contributed by atoms with Crippen molar-refractivity contribution in [3.63, 3.8) is 0 Å². The van der Waals surface area contributed by atoms with Crippen molar-refractivity contribution in [3.05, 3.63) is 35.4 Å². The minimum absolute atomic E-state index is 0.294. The first-order chi connectivity index (χ1) is 7.81. The molecule has 2 rings (SSSR count). The molecule has 0 spiro atoms. The molecule has 1 aromatic rings. The van der Waals surface area contributed by atoms with Gasteiger partial charge in [-0.2, -0.15) is 0 Å². The molecule has 1 atom stereocenters. The van der Waals surface area contributed by atoms with Crippen LogP contribution in [0.15, 0.2) is 24.3 Å². The molecule has 1 saturated carbocycles. The normalized spacial score (nSPS) is 19.6. The Morgan fingerprint density at radius 3 is 2.31 bits per heavy atom. The minimum Gasteiger partial charge on any atom is -0.387 e. The maximum absolute atomic E-state index is 9.61. The van der Waals surface area contributed by atoms with Gasteiger partial charge in [0.2, 0.25) is 0 Å². The number of hydrogen-bond acceptors (Lipinski definition) is 2. The standard InChI is InChI=1S/C14H21NO/c15-10-14(16)13-8-6-12(7-9-13)11-4-2-1-3-5-11/h6-9,11,14,16H,1-5,10,15H2. The fraction of sp³-hybridized carbons (Fsp3) is 0.571. The van der Waals surface area contributed by atoms with E-state index < -0.39 is 6.10 Å². The summed E-state index contributed by atoms with van der Waals surface area (Å²) in [4.78, 5) is 0. The van der Waals surface area contributed by atoms with E-state index in [0.29, 0.717) is 6.54 Å². The summed E-state index contributed by atoms with van der Waals surface area (Å²) in [6.45, 7) is 0.294. The van der Waals surface area contributed by atoms with Crippen molar-refractivity contribution in [2.24, 2.45) is 5.73 Å². The molecule has 1 unspecified atom stereocenters. The van der Waals surface area contributed by atoms with Crippen LogP contribution in [-0.2, 0) is 0 Å². The van der Waals surface area contributed by atoms with Crippen molar-refractivity contribution < 1.29 is 5.11 Å². The van der Waals surface area contributed by atoms with Gasteiger partial charge in [0.25, 0.3) is 0 Å². The molecule has 1 aliphatic carbocycles. The Hall–Kier alpha value is -0.860. The summed E-state index contributed by atoms with van der Waals surface area (Å²) in [5.41, 5.74) is 7.79. The first-order valence-corrected chi connectivity index (χ1v) is 6.29. The maximum atomic E-state index is 9.61. The van der Waals surface area contributed by atoms with Gasteiger partial charge in [-0.15, -0.1) is 0 Å². The average molecular weight is 219 g/mol. The number of rotatable bonds is 3. The molecule has 88 valence electrons. The van der Waals surface area contributed by atoms with E-state index in [2.05, 4.69) is 12.1 Å². The third-order valence-electron chi connectivity index (χ3n) is 3.62. The summed E-state index contributed by atoms with van der Waals surface area (Å²) < 4.78 is 0. The summed E-state index contributed by atoms with van der Waals surface area (Å²) in [5, 5.41) is 9.61. The Morgan fingerprint density at radius 1 is 1.12 bits per heavy atom. The van der Waals surface area contributed by atoms with Crippen LogP contribution in [0.2, 0.25) is 0 Å². The molecule has 16 heavy (non-hydrogen) atoms. The van der Waals surface area contributed by atoms with Crippen molar-refractivity contribution in [1.29, 1.82) is 0 Å². The molecule has 3 N–H and O–H groups in total. The summed E-state index contributed by atoms with van der Waals surface area (Å²) in [6.07, 6.45) is 6.23. The molecule has 0 aromatic heterocycles. The van der Waals surface area contributed by atoms with Gasteiger partial charge in [0.05, 0.1) is 6.10 Å². The number of nitrogens with two attached hydrogens (primary N) is 1. The van der Waals surface area contributed by atoms with Crippen LogP contribution in [0.3, 0.4) is 0 Å². The van der Waals surface area contributed by atoms with Gasteiger partial charge in [-0.25, -0.2) is 0 Å². The second-order valence-corrected chi connectivity index (χ2v) is 4.75. The van der Waals surface area contributed by atoms with Crippen molar-refractivity contribution in [2.45, 2.75) is 44.1 Å². The molecule has 1 fully saturated rings. The molecule has 0 radical (unpaired) electrons. The first kappa shape index (κ1) is 11.6. The van der Waals surface area contributed by atoms with E-state index in [1.54, 1.807) is 0 Å². The van der Waals surface area contributed by atoms with Crippen LogP contribution in [0.4, 0.5) is 0 Å². The highest BCUT2D eigenvalue weighted by Crippen LogP contribution is 2.32. The monoisotopic (exact) mass is 219 g/mol. The average Bonchev–Trinajstić information content (AvgIpc) is 2.39. The minimum atomic E-state index is -0.514. The van der Waals surface area contributed by atoms with Gasteiger partial charge in [-0.1, -0.05) is 43.5 Å². The van der Waals surface area contributed by atoms with Crippen molar-refractivity contribution >= 4 is 0 Å². The van der Waals surface area contributed by atoms with Crippen molar-refractivity contribution in [2.75, 3.05) is 6.54 Å². The smallest absolute Gasteiger partial charge is 0.0912 e. The Morgan fingerprint density at radius 2 is 1.75 bits per heavy atom. The molecule has 1 aliphatic rings. The zero-order chi connectivity index (χ0) is 11.4. The number of benzene rings is 1. The van der Waals surface area contributed by atoms with Crippen LogP contribution in [0, 0.1) is 0 Å². The predicted molar refractivity (Wildman–Crippen MR) is 66.3 cm³/mol. The van der Waals surface area contributed by atoms with Crippen molar-refractivity contribution in [3.8, 4) is 0 Å². The third kappa shape index (κ3) is 2.63. The molecule has 0 saturated heterocycles. The second kappa shape index (κ2) is 5.46. The van der Waals surface area contributed by atoms with E-state index in [1.165, 1.54) is 37.7 Å². The van der Waals surface area contributed by atoms with E-state index in [0.717, 1.165) is 11.5 Å². The molecule has 2 heteroatoms. The van der Waals surface area contributed by atoms with Gasteiger partial charge in [0.15, 0.2) is 0 Å². The van der Waals surface area contributed by atoms with E-state index in [-0.39, 0.29) is 0 Å². The highest BCUT2D eigenvalue weighted by atomic mass is 16.3. The van der Waals surface area contributed by atoms with Gasteiger partial charge in [-0.05, 0) is 29.9 Å². The topological polar surface area (TPSA) is 46.2 Å². The molecule has 1 aromatic carbocycles. The lowest BCUT2D eigenvalue weighted by molar-refractivity contribution is 0.186. The highest BCUT2D eigenvalue weighted by molar-refractivity contribution is 5.27. The lowest BCUT2D eigenvalue weighted by Gasteiger charge is -2.22. The van der Waals surface area contributed by atoms with Crippen LogP contribution < -0.4 is 5.73 Å². The van der Waals surface area contributed by atoms with Gasteiger partial charge < -0.3 is 10.8 Å². The number of hydrogen-bond donors (Lipinski definition) is 2. The molecular weight excluding hydrogens is 198 g/mol. The predicted octanol–water partition coefficient (Wildman–Crippen LogP) is 2.73. The van der Waals surface area contributed by atoms with Gasteiger partial charge in [0.1, 0.15) is 0 Å². The number of aliphatic hydroxyl groups is 1. The molecule has 0 bridgehead atoms. The second-order valence-electron chi connectivity index (χ2n) is 4.75. The highest BCUT2D eigenvalue weighted by Gasteiger charge is 2.15. The van der Waals surface area contributed by atoms with Gasteiger partial charge >= 0.3 is 0 Å². The maximum Gasteiger partial charge on any atom is 0.0912 e. The summed E-state index contributed by atoms with van der Waals surface area (Å²) in [6, 6.07) is 8.34. The molecule has 0 amide bonds. The van der Waals surface area contributed by atoms with E-state index in [9.17, 15) is 5.11 Å². The van der Waals surface area contributed by atoms with E-state index in [4.69, 9.17) is 5.73 Å². The van der Waals surface area contributed by atoms with E-state index in [1.807, 2.05) is 12.1 Å². The molecule has 2 nitrogen and oxygen atoms in total. The third-order valence-corrected chi connectivity index (χ3v) is 3.62. The van der Waals surface area contributed by atoms with Crippen LogP contribution >= 0.6 is 0 Å². The van der Waals surface area contributed by atoms with Crippen LogP contribution in [0.25, 0.3) is 0 Å². The lowest BCUT2D eigenvalue weighted by Crippen LogP contribution is -2.11. The Balaban J connectivity index is 2.06. The first-order valence-electron chi connectivity index (χ1n) is 6.29. The van der Waals surface area contributed by atoms with Crippen LogP contribution in [0.1, 0.15) is 55.3 Å².